The lowest BCUT2D eigenvalue weighted by Crippen LogP contribution is -2.20. The van der Waals surface area contributed by atoms with Crippen molar-refractivity contribution in [3.63, 3.8) is 0 Å². The van der Waals surface area contributed by atoms with Gasteiger partial charge in [-0.1, -0.05) is 0 Å². The Hall–Kier alpha value is -1.47. The Bertz CT molecular complexity index is 497. The van der Waals surface area contributed by atoms with Crippen LogP contribution in [0.5, 0.6) is 0 Å². The lowest BCUT2D eigenvalue weighted by molar-refractivity contribution is 0.179. The van der Waals surface area contributed by atoms with E-state index in [9.17, 15) is 0 Å². The molecule has 18 heavy (non-hydrogen) atoms. The van der Waals surface area contributed by atoms with Crippen molar-refractivity contribution >= 4 is 16.7 Å². The highest BCUT2D eigenvalue weighted by Crippen LogP contribution is 2.27. The molecule has 0 spiro atoms. The van der Waals surface area contributed by atoms with Crippen LogP contribution in [0, 0.1) is 0 Å². The summed E-state index contributed by atoms with van der Waals surface area (Å²) in [5.41, 5.74) is 0. The largest absolute Gasteiger partial charge is 0.377 e. The molecule has 0 radical (unpaired) electrons. The zero-order valence-electron chi connectivity index (χ0n) is 10.2. The number of anilines is 1. The van der Waals surface area contributed by atoms with Crippen LogP contribution in [0.2, 0.25) is 0 Å². The Kier molecular flexibility index (Phi) is 3.24. The van der Waals surface area contributed by atoms with E-state index in [1.807, 2.05) is 23.1 Å². The molecule has 0 bridgehead atoms. The third-order valence-corrected chi connectivity index (χ3v) is 3.88. The van der Waals surface area contributed by atoms with E-state index in [1.165, 1.54) is 11.5 Å². The van der Waals surface area contributed by atoms with Gasteiger partial charge < -0.3 is 9.64 Å². The van der Waals surface area contributed by atoms with Crippen LogP contribution in [0.15, 0.2) is 18.5 Å². The Morgan fingerprint density at radius 3 is 3.28 bits per heavy atom. The normalized spacial score (nSPS) is 19.6. The van der Waals surface area contributed by atoms with Crippen molar-refractivity contribution in [3.8, 4) is 0 Å². The van der Waals surface area contributed by atoms with Gasteiger partial charge >= 0.3 is 0 Å². The van der Waals surface area contributed by atoms with E-state index in [0.717, 1.165) is 30.5 Å². The fourth-order valence-corrected chi connectivity index (χ4v) is 2.90. The number of methoxy groups -OCH3 is 1. The summed E-state index contributed by atoms with van der Waals surface area (Å²) in [7, 11) is 1.66. The first-order valence-electron chi connectivity index (χ1n) is 5.92. The molecule has 96 valence electrons. The summed E-state index contributed by atoms with van der Waals surface area (Å²) in [6.07, 6.45) is 4.94. The molecule has 3 rings (SSSR count). The number of rotatable bonds is 4. The summed E-state index contributed by atoms with van der Waals surface area (Å²) in [5.74, 6) is 0.764. The molecule has 2 aromatic rings. The Balaban J connectivity index is 1.67. The van der Waals surface area contributed by atoms with Crippen LogP contribution in [0.3, 0.4) is 0 Å². The van der Waals surface area contributed by atoms with E-state index in [-0.39, 0.29) is 0 Å². The van der Waals surface area contributed by atoms with Crippen molar-refractivity contribution in [2.75, 3.05) is 25.1 Å². The number of hydrogen-bond donors (Lipinski definition) is 0. The van der Waals surface area contributed by atoms with Crippen LogP contribution < -0.4 is 4.90 Å². The molecule has 0 saturated carbocycles. The molecule has 2 aromatic heterocycles. The Morgan fingerprint density at radius 2 is 2.50 bits per heavy atom. The van der Waals surface area contributed by atoms with Gasteiger partial charge in [-0.15, -0.1) is 0 Å². The number of ether oxygens (including phenoxy) is 1. The van der Waals surface area contributed by atoms with Gasteiger partial charge in [0.1, 0.15) is 6.61 Å². The third-order valence-electron chi connectivity index (χ3n) is 3.06. The maximum Gasteiger partial charge on any atom is 0.205 e. The van der Waals surface area contributed by atoms with Gasteiger partial charge in [-0.3, -0.25) is 4.68 Å². The fraction of sp³-hybridized carbons (Fsp3) is 0.545. The lowest BCUT2D eigenvalue weighted by atomic mass is 10.3. The zero-order valence-corrected chi connectivity index (χ0v) is 11.0. The standard InChI is InChI=1S/C11H15N5OS/c1-17-8-10-13-11(18-14-10)15-6-3-9(7-15)16-5-2-4-12-16/h2,4-5,9H,3,6-8H2,1H3. The van der Waals surface area contributed by atoms with Gasteiger partial charge in [0.25, 0.3) is 0 Å². The van der Waals surface area contributed by atoms with Gasteiger partial charge in [0.15, 0.2) is 5.82 Å². The Morgan fingerprint density at radius 1 is 1.56 bits per heavy atom. The molecule has 3 heterocycles. The molecule has 0 aromatic carbocycles. The summed E-state index contributed by atoms with van der Waals surface area (Å²) < 4.78 is 11.3. The SMILES string of the molecule is COCc1nsc(N2CCC(n3cccn3)C2)n1. The molecule has 6 nitrogen and oxygen atoms in total. The first kappa shape index (κ1) is 11.6. The molecule has 1 aliphatic heterocycles. The van der Waals surface area contributed by atoms with Crippen molar-refractivity contribution in [3.05, 3.63) is 24.3 Å². The molecule has 0 N–H and O–H groups in total. The van der Waals surface area contributed by atoms with Gasteiger partial charge in [-0.25, -0.2) is 4.98 Å². The van der Waals surface area contributed by atoms with Crippen LogP contribution in [0.1, 0.15) is 18.3 Å². The van der Waals surface area contributed by atoms with Crippen molar-refractivity contribution < 1.29 is 4.74 Å². The van der Waals surface area contributed by atoms with E-state index in [4.69, 9.17) is 4.74 Å². The summed E-state index contributed by atoms with van der Waals surface area (Å²) >= 11 is 1.44. The van der Waals surface area contributed by atoms with Gasteiger partial charge in [-0.05, 0) is 12.5 Å². The first-order chi connectivity index (χ1) is 8.86. The Labute approximate surface area is 109 Å². The van der Waals surface area contributed by atoms with Gasteiger partial charge in [-0.2, -0.15) is 9.47 Å². The predicted octanol–water partition coefficient (Wildman–Crippen LogP) is 1.33. The van der Waals surface area contributed by atoms with E-state index in [1.54, 1.807) is 7.11 Å². The summed E-state index contributed by atoms with van der Waals surface area (Å²) in [4.78, 5) is 6.74. The van der Waals surface area contributed by atoms with Crippen LogP contribution in [-0.2, 0) is 11.3 Å². The average molecular weight is 265 g/mol. The topological polar surface area (TPSA) is 56.1 Å². The van der Waals surface area contributed by atoms with Crippen molar-refractivity contribution in [1.82, 2.24) is 19.1 Å². The van der Waals surface area contributed by atoms with Gasteiger partial charge in [0, 0.05) is 44.1 Å². The molecular formula is C11H15N5OS. The van der Waals surface area contributed by atoms with Crippen molar-refractivity contribution in [1.29, 1.82) is 0 Å². The van der Waals surface area contributed by atoms with E-state index in [0.29, 0.717) is 12.6 Å². The second kappa shape index (κ2) is 5.03. The highest BCUT2D eigenvalue weighted by atomic mass is 32.1. The van der Waals surface area contributed by atoms with E-state index >= 15 is 0 Å². The average Bonchev–Trinajstić information content (AvgIpc) is 3.10. The van der Waals surface area contributed by atoms with Crippen molar-refractivity contribution in [2.24, 2.45) is 0 Å². The monoisotopic (exact) mass is 265 g/mol. The molecule has 0 aliphatic carbocycles. The zero-order chi connectivity index (χ0) is 12.4. The van der Waals surface area contributed by atoms with Crippen molar-refractivity contribution in [2.45, 2.75) is 19.1 Å². The third kappa shape index (κ3) is 2.23. The van der Waals surface area contributed by atoms with Crippen LogP contribution in [0.25, 0.3) is 0 Å². The molecular weight excluding hydrogens is 250 g/mol. The predicted molar refractivity (Wildman–Crippen MR) is 68.7 cm³/mol. The lowest BCUT2D eigenvalue weighted by Gasteiger charge is -2.14. The molecule has 1 atom stereocenters. The summed E-state index contributed by atoms with van der Waals surface area (Å²) in [5, 5.41) is 5.28. The maximum absolute atomic E-state index is 5.03. The molecule has 1 saturated heterocycles. The van der Waals surface area contributed by atoms with Crippen LogP contribution >= 0.6 is 11.5 Å². The second-order valence-corrected chi connectivity index (χ2v) is 5.03. The number of nitrogens with zero attached hydrogens (tertiary/aromatic N) is 5. The summed E-state index contributed by atoms with van der Waals surface area (Å²) in [6.45, 7) is 2.43. The van der Waals surface area contributed by atoms with Gasteiger partial charge in [0.2, 0.25) is 5.13 Å². The minimum Gasteiger partial charge on any atom is -0.377 e. The quantitative estimate of drug-likeness (QED) is 0.835. The highest BCUT2D eigenvalue weighted by Gasteiger charge is 2.26. The molecule has 7 heteroatoms. The molecule has 1 aliphatic rings. The molecule has 1 unspecified atom stereocenters. The van der Waals surface area contributed by atoms with Crippen LogP contribution in [-0.4, -0.2) is 39.3 Å². The summed E-state index contributed by atoms with van der Waals surface area (Å²) in [6, 6.07) is 2.40. The minimum absolute atomic E-state index is 0.440. The number of aromatic nitrogens is 4. The second-order valence-electron chi connectivity index (χ2n) is 4.30. The smallest absolute Gasteiger partial charge is 0.205 e. The van der Waals surface area contributed by atoms with E-state index < -0.39 is 0 Å². The van der Waals surface area contributed by atoms with Gasteiger partial charge in [0.05, 0.1) is 6.04 Å². The first-order valence-corrected chi connectivity index (χ1v) is 6.70. The van der Waals surface area contributed by atoms with Crippen LogP contribution in [0.4, 0.5) is 5.13 Å². The minimum atomic E-state index is 0.440. The van der Waals surface area contributed by atoms with E-state index in [2.05, 4.69) is 19.4 Å². The number of hydrogen-bond acceptors (Lipinski definition) is 6. The molecule has 1 fully saturated rings. The highest BCUT2D eigenvalue weighted by molar-refractivity contribution is 7.09. The maximum atomic E-state index is 5.03. The fourth-order valence-electron chi connectivity index (χ4n) is 2.19. The molecule has 0 amide bonds.